The SMILES string of the molecule is C1=C[C@H]2C[C@@H]1OC2=C(c1ccccc1)c1ccccc1. The molecule has 2 aliphatic rings. The van der Waals surface area contributed by atoms with Gasteiger partial charge in [0.15, 0.2) is 0 Å². The van der Waals surface area contributed by atoms with Gasteiger partial charge >= 0.3 is 0 Å². The third kappa shape index (κ3) is 1.87. The van der Waals surface area contributed by atoms with E-state index in [2.05, 4.69) is 72.8 Å². The Kier molecular flexibility index (Phi) is 2.70. The van der Waals surface area contributed by atoms with E-state index in [1.165, 1.54) is 16.7 Å². The van der Waals surface area contributed by atoms with Crippen molar-refractivity contribution in [2.24, 2.45) is 5.92 Å². The summed E-state index contributed by atoms with van der Waals surface area (Å²) in [5, 5.41) is 0. The maximum absolute atomic E-state index is 6.12. The number of benzene rings is 2. The van der Waals surface area contributed by atoms with Crippen LogP contribution in [-0.4, -0.2) is 6.10 Å². The fourth-order valence-electron chi connectivity index (χ4n) is 3.10. The molecule has 2 aromatic carbocycles. The fraction of sp³-hybridized carbons (Fsp3) is 0.158. The van der Waals surface area contributed by atoms with Crippen LogP contribution in [0.5, 0.6) is 0 Å². The van der Waals surface area contributed by atoms with Crippen molar-refractivity contribution in [1.82, 2.24) is 0 Å². The van der Waals surface area contributed by atoms with Gasteiger partial charge in [0, 0.05) is 17.9 Å². The molecule has 0 N–H and O–H groups in total. The molecule has 0 unspecified atom stereocenters. The van der Waals surface area contributed by atoms with E-state index in [1.54, 1.807) is 0 Å². The highest BCUT2D eigenvalue weighted by atomic mass is 16.5. The summed E-state index contributed by atoms with van der Waals surface area (Å²) in [5.41, 5.74) is 3.70. The monoisotopic (exact) mass is 260 g/mol. The number of fused-ring (bicyclic) bond motifs is 2. The average Bonchev–Trinajstić information content (AvgIpc) is 3.13. The minimum Gasteiger partial charge on any atom is -0.489 e. The van der Waals surface area contributed by atoms with Gasteiger partial charge in [0.25, 0.3) is 0 Å². The Morgan fingerprint density at radius 2 is 1.40 bits per heavy atom. The topological polar surface area (TPSA) is 9.23 Å². The van der Waals surface area contributed by atoms with Gasteiger partial charge in [-0.05, 0) is 17.2 Å². The molecular weight excluding hydrogens is 244 g/mol. The van der Waals surface area contributed by atoms with Crippen molar-refractivity contribution < 1.29 is 4.74 Å². The van der Waals surface area contributed by atoms with Crippen LogP contribution in [0.4, 0.5) is 0 Å². The van der Waals surface area contributed by atoms with Gasteiger partial charge in [-0.15, -0.1) is 0 Å². The Morgan fingerprint density at radius 1 is 0.800 bits per heavy atom. The molecule has 0 amide bonds. The minimum absolute atomic E-state index is 0.275. The Morgan fingerprint density at radius 3 is 1.85 bits per heavy atom. The molecular formula is C19H16O. The molecule has 4 rings (SSSR count). The summed E-state index contributed by atoms with van der Waals surface area (Å²) in [6, 6.07) is 21.1. The van der Waals surface area contributed by atoms with E-state index in [1.807, 2.05) is 0 Å². The fourth-order valence-corrected chi connectivity index (χ4v) is 3.10. The van der Waals surface area contributed by atoms with E-state index in [-0.39, 0.29) is 6.10 Å². The van der Waals surface area contributed by atoms with Crippen LogP contribution < -0.4 is 0 Å². The second kappa shape index (κ2) is 4.68. The number of hydrogen-bond acceptors (Lipinski definition) is 1. The second-order valence-electron chi connectivity index (χ2n) is 5.35. The second-order valence-corrected chi connectivity index (χ2v) is 5.35. The molecule has 98 valence electrons. The highest BCUT2D eigenvalue weighted by molar-refractivity contribution is 5.82. The molecule has 2 bridgehead atoms. The molecule has 1 aliphatic heterocycles. The molecule has 20 heavy (non-hydrogen) atoms. The van der Waals surface area contributed by atoms with Crippen LogP contribution in [0.1, 0.15) is 17.5 Å². The van der Waals surface area contributed by atoms with Gasteiger partial charge in [0.1, 0.15) is 11.9 Å². The summed E-state index contributed by atoms with van der Waals surface area (Å²) in [6.45, 7) is 0. The van der Waals surface area contributed by atoms with Crippen molar-refractivity contribution in [3.63, 3.8) is 0 Å². The van der Waals surface area contributed by atoms with Gasteiger partial charge in [-0.1, -0.05) is 66.7 Å². The van der Waals surface area contributed by atoms with Gasteiger partial charge in [0.2, 0.25) is 0 Å². The van der Waals surface area contributed by atoms with Gasteiger partial charge < -0.3 is 4.74 Å². The summed E-state index contributed by atoms with van der Waals surface area (Å²) < 4.78 is 6.12. The van der Waals surface area contributed by atoms with Crippen LogP contribution in [0.25, 0.3) is 5.57 Å². The Balaban J connectivity index is 1.91. The van der Waals surface area contributed by atoms with Crippen molar-refractivity contribution in [2.75, 3.05) is 0 Å². The highest BCUT2D eigenvalue weighted by Crippen LogP contribution is 2.43. The zero-order chi connectivity index (χ0) is 13.4. The van der Waals surface area contributed by atoms with E-state index >= 15 is 0 Å². The zero-order valence-electron chi connectivity index (χ0n) is 11.2. The zero-order valence-corrected chi connectivity index (χ0v) is 11.2. The molecule has 1 heteroatoms. The normalized spacial score (nSPS) is 22.9. The summed E-state index contributed by atoms with van der Waals surface area (Å²) in [5.74, 6) is 1.57. The molecule has 1 nitrogen and oxygen atoms in total. The van der Waals surface area contributed by atoms with Crippen molar-refractivity contribution in [3.8, 4) is 0 Å². The van der Waals surface area contributed by atoms with E-state index in [9.17, 15) is 0 Å². The van der Waals surface area contributed by atoms with Crippen LogP contribution in [-0.2, 0) is 4.74 Å². The highest BCUT2D eigenvalue weighted by Gasteiger charge is 2.35. The summed E-state index contributed by atoms with van der Waals surface area (Å²) >= 11 is 0. The molecule has 0 spiro atoms. The van der Waals surface area contributed by atoms with E-state index in [0.717, 1.165) is 12.2 Å². The summed E-state index contributed by atoms with van der Waals surface area (Å²) in [6.07, 6.45) is 5.84. The van der Waals surface area contributed by atoms with Crippen molar-refractivity contribution in [2.45, 2.75) is 12.5 Å². The Hall–Kier alpha value is -2.28. The summed E-state index contributed by atoms with van der Waals surface area (Å²) in [7, 11) is 0. The molecule has 0 aromatic heterocycles. The predicted octanol–water partition coefficient (Wildman–Crippen LogP) is 4.42. The van der Waals surface area contributed by atoms with E-state index in [0.29, 0.717) is 5.92 Å². The summed E-state index contributed by atoms with van der Waals surface area (Å²) in [4.78, 5) is 0. The largest absolute Gasteiger partial charge is 0.489 e. The molecule has 1 heterocycles. The van der Waals surface area contributed by atoms with Crippen LogP contribution in [0.2, 0.25) is 0 Å². The van der Waals surface area contributed by atoms with Crippen molar-refractivity contribution in [3.05, 3.63) is 89.7 Å². The first-order valence-corrected chi connectivity index (χ1v) is 7.12. The number of hydrogen-bond donors (Lipinski definition) is 0. The van der Waals surface area contributed by atoms with Gasteiger partial charge in [-0.3, -0.25) is 0 Å². The molecule has 1 fully saturated rings. The van der Waals surface area contributed by atoms with E-state index < -0.39 is 0 Å². The van der Waals surface area contributed by atoms with E-state index in [4.69, 9.17) is 4.74 Å². The molecule has 2 aromatic rings. The van der Waals surface area contributed by atoms with Crippen molar-refractivity contribution >= 4 is 5.57 Å². The average molecular weight is 260 g/mol. The number of ether oxygens (including phenoxy) is 1. The molecule has 0 radical (unpaired) electrons. The molecule has 1 aliphatic carbocycles. The first-order chi connectivity index (χ1) is 9.92. The Bertz CT molecular complexity index is 626. The van der Waals surface area contributed by atoms with Gasteiger partial charge in [-0.25, -0.2) is 0 Å². The lowest BCUT2D eigenvalue weighted by Crippen LogP contribution is -2.04. The maximum Gasteiger partial charge on any atom is 0.117 e. The van der Waals surface area contributed by atoms with Crippen LogP contribution in [0.15, 0.2) is 78.6 Å². The maximum atomic E-state index is 6.12. The number of rotatable bonds is 2. The smallest absolute Gasteiger partial charge is 0.117 e. The minimum atomic E-state index is 0.275. The first kappa shape index (κ1) is 11.5. The number of allylic oxidation sites excluding steroid dienone is 1. The first-order valence-electron chi connectivity index (χ1n) is 7.12. The van der Waals surface area contributed by atoms with Crippen LogP contribution in [0, 0.1) is 5.92 Å². The van der Waals surface area contributed by atoms with Gasteiger partial charge in [-0.2, -0.15) is 0 Å². The Labute approximate surface area is 119 Å². The third-order valence-electron chi connectivity index (χ3n) is 4.03. The molecule has 0 saturated carbocycles. The molecule has 2 atom stereocenters. The predicted molar refractivity (Wildman–Crippen MR) is 81.0 cm³/mol. The lowest BCUT2D eigenvalue weighted by atomic mass is 9.92. The van der Waals surface area contributed by atoms with Crippen LogP contribution in [0.3, 0.4) is 0 Å². The quantitative estimate of drug-likeness (QED) is 0.726. The molecule has 1 saturated heterocycles. The lowest BCUT2D eigenvalue weighted by Gasteiger charge is -2.18. The van der Waals surface area contributed by atoms with Crippen molar-refractivity contribution in [1.29, 1.82) is 0 Å². The standard InChI is InChI=1S/C19H16O/c1-3-7-14(8-4-1)18(15-9-5-2-6-10-15)19-16-11-12-17(13-16)20-19/h1-12,16-17H,13H2/t16-,17+/m0/s1. The third-order valence-corrected chi connectivity index (χ3v) is 4.03. The van der Waals surface area contributed by atoms with Crippen LogP contribution >= 0.6 is 0 Å². The van der Waals surface area contributed by atoms with Gasteiger partial charge in [0.05, 0.1) is 0 Å². The lowest BCUT2D eigenvalue weighted by molar-refractivity contribution is 0.198.